The van der Waals surface area contributed by atoms with Crippen LogP contribution in [0.3, 0.4) is 0 Å². The van der Waals surface area contributed by atoms with Crippen molar-refractivity contribution >= 4 is 28.9 Å². The SMILES string of the molecule is N#CCN1CC(=O)Nc2c(Cl)cccc21. The van der Waals surface area contributed by atoms with Crippen LogP contribution >= 0.6 is 11.6 Å². The molecule has 1 aliphatic heterocycles. The summed E-state index contributed by atoms with van der Waals surface area (Å²) in [5.74, 6) is -0.147. The highest BCUT2D eigenvalue weighted by atomic mass is 35.5. The molecule has 1 N–H and O–H groups in total. The van der Waals surface area contributed by atoms with E-state index >= 15 is 0 Å². The van der Waals surface area contributed by atoms with Crippen LogP contribution in [0.15, 0.2) is 18.2 Å². The Labute approximate surface area is 92.1 Å². The summed E-state index contributed by atoms with van der Waals surface area (Å²) in [6, 6.07) is 7.35. The van der Waals surface area contributed by atoms with Crippen molar-refractivity contribution in [2.24, 2.45) is 0 Å². The zero-order valence-electron chi connectivity index (χ0n) is 7.83. The first-order valence-electron chi connectivity index (χ1n) is 4.42. The minimum Gasteiger partial charge on any atom is -0.347 e. The van der Waals surface area contributed by atoms with E-state index in [0.29, 0.717) is 10.7 Å². The molecule has 1 aromatic rings. The van der Waals surface area contributed by atoms with E-state index in [-0.39, 0.29) is 19.0 Å². The number of nitrogens with zero attached hydrogens (tertiary/aromatic N) is 2. The minimum atomic E-state index is -0.147. The molecule has 0 saturated heterocycles. The second kappa shape index (κ2) is 3.79. The first-order valence-corrected chi connectivity index (χ1v) is 4.80. The van der Waals surface area contributed by atoms with E-state index < -0.39 is 0 Å². The van der Waals surface area contributed by atoms with Crippen molar-refractivity contribution in [3.63, 3.8) is 0 Å². The van der Waals surface area contributed by atoms with Gasteiger partial charge in [0.1, 0.15) is 6.54 Å². The van der Waals surface area contributed by atoms with Crippen LogP contribution in [0.4, 0.5) is 11.4 Å². The van der Waals surface area contributed by atoms with E-state index in [1.807, 2.05) is 12.1 Å². The molecular formula is C10H8ClN3O. The number of nitrogens with one attached hydrogen (secondary N) is 1. The molecule has 0 aliphatic carbocycles. The van der Waals surface area contributed by atoms with Gasteiger partial charge in [0.25, 0.3) is 0 Å². The van der Waals surface area contributed by atoms with E-state index in [0.717, 1.165) is 5.69 Å². The first kappa shape index (κ1) is 9.81. The Morgan fingerprint density at radius 2 is 2.40 bits per heavy atom. The molecule has 1 aliphatic rings. The van der Waals surface area contributed by atoms with E-state index in [2.05, 4.69) is 5.32 Å². The van der Waals surface area contributed by atoms with Crippen molar-refractivity contribution < 1.29 is 4.79 Å². The quantitative estimate of drug-likeness (QED) is 0.734. The Kier molecular flexibility index (Phi) is 2.48. The van der Waals surface area contributed by atoms with E-state index in [9.17, 15) is 4.79 Å². The van der Waals surface area contributed by atoms with Crippen LogP contribution in [0.25, 0.3) is 0 Å². The lowest BCUT2D eigenvalue weighted by molar-refractivity contribution is -0.115. The third-order valence-electron chi connectivity index (χ3n) is 2.19. The molecule has 0 bridgehead atoms. The smallest absolute Gasteiger partial charge is 0.244 e. The second-order valence-electron chi connectivity index (χ2n) is 3.20. The summed E-state index contributed by atoms with van der Waals surface area (Å²) in [6.45, 7) is 0.377. The van der Waals surface area contributed by atoms with Gasteiger partial charge in [-0.3, -0.25) is 4.79 Å². The first-order chi connectivity index (χ1) is 7.22. The van der Waals surface area contributed by atoms with Crippen LogP contribution < -0.4 is 10.2 Å². The van der Waals surface area contributed by atoms with Crippen LogP contribution in [0.5, 0.6) is 0 Å². The molecule has 0 saturated carbocycles. The number of benzene rings is 1. The second-order valence-corrected chi connectivity index (χ2v) is 3.60. The van der Waals surface area contributed by atoms with Gasteiger partial charge >= 0.3 is 0 Å². The van der Waals surface area contributed by atoms with Crippen molar-refractivity contribution in [3.8, 4) is 6.07 Å². The predicted molar refractivity (Wildman–Crippen MR) is 57.9 cm³/mol. The molecule has 2 rings (SSSR count). The number of halogens is 1. The zero-order valence-corrected chi connectivity index (χ0v) is 8.58. The molecule has 1 aromatic carbocycles. The number of carbonyl (C=O) groups is 1. The summed E-state index contributed by atoms with van der Waals surface area (Å²) in [7, 11) is 0. The normalized spacial score (nSPS) is 14.1. The molecular weight excluding hydrogens is 214 g/mol. The van der Waals surface area contributed by atoms with Gasteiger partial charge in [-0.2, -0.15) is 5.26 Å². The number of fused-ring (bicyclic) bond motifs is 1. The summed E-state index contributed by atoms with van der Waals surface area (Å²) < 4.78 is 0. The number of hydrogen-bond donors (Lipinski definition) is 1. The highest BCUT2D eigenvalue weighted by Crippen LogP contribution is 2.35. The Morgan fingerprint density at radius 3 is 3.13 bits per heavy atom. The van der Waals surface area contributed by atoms with Crippen molar-refractivity contribution in [3.05, 3.63) is 23.2 Å². The third kappa shape index (κ3) is 1.74. The maximum absolute atomic E-state index is 11.3. The highest BCUT2D eigenvalue weighted by Gasteiger charge is 2.22. The standard InChI is InChI=1S/C10H8ClN3O/c11-7-2-1-3-8-10(7)13-9(15)6-14(8)5-4-12/h1-3H,5-6H2,(H,13,15). The molecule has 4 nitrogen and oxygen atoms in total. The molecule has 0 atom stereocenters. The average molecular weight is 222 g/mol. The van der Waals surface area contributed by atoms with Gasteiger partial charge < -0.3 is 10.2 Å². The Hall–Kier alpha value is -1.73. The minimum absolute atomic E-state index is 0.147. The number of amides is 1. The highest BCUT2D eigenvalue weighted by molar-refractivity contribution is 6.34. The van der Waals surface area contributed by atoms with Gasteiger partial charge in [0, 0.05) is 0 Å². The van der Waals surface area contributed by atoms with Crippen LogP contribution in [-0.4, -0.2) is 19.0 Å². The van der Waals surface area contributed by atoms with Crippen LogP contribution in [-0.2, 0) is 4.79 Å². The van der Waals surface area contributed by atoms with Crippen molar-refractivity contribution in [1.82, 2.24) is 0 Å². The lowest BCUT2D eigenvalue weighted by Crippen LogP contribution is -2.38. The van der Waals surface area contributed by atoms with Gasteiger partial charge in [-0.1, -0.05) is 17.7 Å². The van der Waals surface area contributed by atoms with Crippen molar-refractivity contribution in [2.45, 2.75) is 0 Å². The van der Waals surface area contributed by atoms with E-state index in [1.165, 1.54) is 0 Å². The summed E-state index contributed by atoms with van der Waals surface area (Å²) in [5.41, 5.74) is 1.38. The molecule has 1 amide bonds. The monoisotopic (exact) mass is 221 g/mol. The molecule has 0 spiro atoms. The van der Waals surface area contributed by atoms with Crippen molar-refractivity contribution in [2.75, 3.05) is 23.3 Å². The molecule has 0 radical (unpaired) electrons. The maximum Gasteiger partial charge on any atom is 0.244 e. The lowest BCUT2D eigenvalue weighted by Gasteiger charge is -2.29. The maximum atomic E-state index is 11.3. The average Bonchev–Trinajstić information content (AvgIpc) is 2.20. The molecule has 0 unspecified atom stereocenters. The van der Waals surface area contributed by atoms with Gasteiger partial charge in [0.2, 0.25) is 5.91 Å². The van der Waals surface area contributed by atoms with E-state index in [1.54, 1.807) is 17.0 Å². The number of anilines is 2. The Bertz CT molecular complexity index is 452. The molecule has 1 heterocycles. The fourth-order valence-corrected chi connectivity index (χ4v) is 1.78. The molecule has 5 heteroatoms. The lowest BCUT2D eigenvalue weighted by atomic mass is 10.2. The number of rotatable bonds is 1. The fraction of sp³-hybridized carbons (Fsp3) is 0.200. The number of carbonyl (C=O) groups excluding carboxylic acids is 1. The molecule has 0 fully saturated rings. The van der Waals surface area contributed by atoms with Gasteiger partial charge in [-0.05, 0) is 12.1 Å². The number of para-hydroxylation sites is 1. The van der Waals surface area contributed by atoms with Gasteiger partial charge in [-0.15, -0.1) is 0 Å². The largest absolute Gasteiger partial charge is 0.347 e. The van der Waals surface area contributed by atoms with Gasteiger partial charge in [0.15, 0.2) is 0 Å². The number of nitriles is 1. The summed E-state index contributed by atoms with van der Waals surface area (Å²) in [5, 5.41) is 11.8. The molecule has 15 heavy (non-hydrogen) atoms. The predicted octanol–water partition coefficient (Wildman–Crippen LogP) is 1.62. The summed E-state index contributed by atoms with van der Waals surface area (Å²) >= 11 is 5.95. The third-order valence-corrected chi connectivity index (χ3v) is 2.51. The molecule has 76 valence electrons. The van der Waals surface area contributed by atoms with Gasteiger partial charge in [-0.25, -0.2) is 0 Å². The fourth-order valence-electron chi connectivity index (χ4n) is 1.56. The van der Waals surface area contributed by atoms with Crippen LogP contribution in [0.2, 0.25) is 5.02 Å². The van der Waals surface area contributed by atoms with Crippen LogP contribution in [0, 0.1) is 11.3 Å². The van der Waals surface area contributed by atoms with Crippen molar-refractivity contribution in [1.29, 1.82) is 5.26 Å². The van der Waals surface area contributed by atoms with E-state index in [4.69, 9.17) is 16.9 Å². The topological polar surface area (TPSA) is 56.1 Å². The van der Waals surface area contributed by atoms with Gasteiger partial charge in [0.05, 0.1) is 29.0 Å². The summed E-state index contributed by atoms with van der Waals surface area (Å²) in [4.78, 5) is 13.0. The number of hydrogen-bond acceptors (Lipinski definition) is 3. The zero-order chi connectivity index (χ0) is 10.8. The Balaban J connectivity index is 2.47. The Morgan fingerprint density at radius 1 is 1.60 bits per heavy atom. The molecule has 0 aromatic heterocycles. The van der Waals surface area contributed by atoms with Crippen LogP contribution in [0.1, 0.15) is 0 Å². The summed E-state index contributed by atoms with van der Waals surface area (Å²) in [6.07, 6.45) is 0.